The topological polar surface area (TPSA) is 149 Å². The molecule has 2 atom stereocenters. The minimum Gasteiger partial charge on any atom is -0.348 e. The Balaban J connectivity index is 3.13. The number of amides is 2. The van der Waals surface area contributed by atoms with Crippen LogP contribution in [-0.4, -0.2) is 28.5 Å². The van der Waals surface area contributed by atoms with Crippen LogP contribution in [0.15, 0.2) is 30.3 Å². The normalized spacial score (nSPS) is 13.6. The fourth-order valence-corrected chi connectivity index (χ4v) is 2.81. The van der Waals surface area contributed by atoms with Gasteiger partial charge in [0.1, 0.15) is 0 Å². The molecule has 0 fully saturated rings. The van der Waals surface area contributed by atoms with Gasteiger partial charge in [-0.25, -0.2) is 10.1 Å². The van der Waals surface area contributed by atoms with E-state index in [1.807, 2.05) is 19.9 Å². The molecule has 0 spiro atoms. The lowest BCUT2D eigenvalue weighted by Crippen LogP contribution is -2.70. The number of carbonyl (C=O) groups is 2. The number of rotatable bonds is 11. The highest BCUT2D eigenvalue weighted by atomic mass is 16.7. The van der Waals surface area contributed by atoms with E-state index < -0.39 is 34.4 Å². The molecule has 0 aliphatic heterocycles. The second kappa shape index (κ2) is 11.7. The van der Waals surface area contributed by atoms with Crippen LogP contribution in [0.25, 0.3) is 0 Å². The van der Waals surface area contributed by atoms with Crippen molar-refractivity contribution in [3.63, 3.8) is 0 Å². The molecule has 0 aromatic heterocycles. The predicted molar refractivity (Wildman–Crippen MR) is 114 cm³/mol. The summed E-state index contributed by atoms with van der Waals surface area (Å²) in [5.41, 5.74) is 0.694. The number of guanidine groups is 1. The lowest BCUT2D eigenvalue weighted by Gasteiger charge is -2.35. The Morgan fingerprint density at radius 3 is 2.37 bits per heavy atom. The molecule has 165 valence electrons. The number of nitrogens with one attached hydrogen (secondary N) is 5. The van der Waals surface area contributed by atoms with Crippen molar-refractivity contribution in [3.8, 4) is 0 Å². The minimum atomic E-state index is -1.73. The van der Waals surface area contributed by atoms with E-state index in [9.17, 15) is 19.7 Å². The van der Waals surface area contributed by atoms with Gasteiger partial charge in [-0.1, -0.05) is 62.9 Å². The molecule has 0 aliphatic rings. The van der Waals surface area contributed by atoms with Gasteiger partial charge in [0.25, 0.3) is 11.9 Å². The summed E-state index contributed by atoms with van der Waals surface area (Å²) in [5.74, 6) is -2.03. The molecule has 1 radical (unpaired) electrons. The van der Waals surface area contributed by atoms with Gasteiger partial charge in [-0.2, -0.15) is 0 Å². The number of hydrogen-bond donors (Lipinski definition) is 5. The summed E-state index contributed by atoms with van der Waals surface area (Å²) in [7, 11) is 0. The molecule has 0 bridgehead atoms. The Kier molecular flexibility index (Phi) is 9.73. The first-order valence-corrected chi connectivity index (χ1v) is 9.88. The Hall–Kier alpha value is -3.17. The summed E-state index contributed by atoms with van der Waals surface area (Å²) in [5, 5.41) is 25.4. The molecule has 0 aliphatic carbocycles. The first kappa shape index (κ1) is 24.9. The summed E-state index contributed by atoms with van der Waals surface area (Å²) < 4.78 is 0. The lowest BCUT2D eigenvalue weighted by molar-refractivity contribution is -0.526. The quantitative estimate of drug-likeness (QED) is 0.122. The van der Waals surface area contributed by atoms with E-state index in [0.717, 1.165) is 5.56 Å². The average molecular weight is 420 g/mol. The van der Waals surface area contributed by atoms with Gasteiger partial charge < -0.3 is 16.0 Å². The van der Waals surface area contributed by atoms with Crippen LogP contribution in [0.4, 0.5) is 0 Å². The molecule has 0 saturated heterocycles. The highest BCUT2D eigenvalue weighted by Gasteiger charge is 2.41. The van der Waals surface area contributed by atoms with E-state index in [4.69, 9.17) is 5.41 Å². The standard InChI is InChI=1S/C20H31N6O4/c1-5-12-20(24-19(21)25-26(29)30,18(28)22-13-11-14(2)3)23-17(27)15(4)16-9-7-6-8-10-16/h6-10,13-15H,5,11-12H2,1-4H3,(H,22,28)(H,23,27)(H3,21,24,25)/t15-,20+/m0/s1. The van der Waals surface area contributed by atoms with Crippen molar-refractivity contribution >= 4 is 17.8 Å². The number of nitrogens with zero attached hydrogens (tertiary/aromatic N) is 1. The third kappa shape index (κ3) is 7.69. The molecule has 5 N–H and O–H groups in total. The van der Waals surface area contributed by atoms with Gasteiger partial charge in [-0.3, -0.25) is 15.0 Å². The van der Waals surface area contributed by atoms with E-state index in [1.54, 1.807) is 50.1 Å². The molecular weight excluding hydrogens is 388 g/mol. The highest BCUT2D eigenvalue weighted by Crippen LogP contribution is 2.18. The van der Waals surface area contributed by atoms with E-state index >= 15 is 0 Å². The van der Waals surface area contributed by atoms with E-state index in [0.29, 0.717) is 18.8 Å². The summed E-state index contributed by atoms with van der Waals surface area (Å²) in [6.07, 6.45) is 1.19. The molecule has 0 saturated carbocycles. The van der Waals surface area contributed by atoms with Crippen molar-refractivity contribution < 1.29 is 14.6 Å². The fourth-order valence-electron chi connectivity index (χ4n) is 2.81. The largest absolute Gasteiger partial charge is 0.348 e. The van der Waals surface area contributed by atoms with Crippen LogP contribution in [0.1, 0.15) is 58.4 Å². The maximum Gasteiger partial charge on any atom is 0.266 e. The van der Waals surface area contributed by atoms with Gasteiger partial charge in [0, 0.05) is 6.54 Å². The van der Waals surface area contributed by atoms with Crippen molar-refractivity contribution in [2.24, 2.45) is 5.92 Å². The van der Waals surface area contributed by atoms with Gasteiger partial charge in [0.05, 0.1) is 5.92 Å². The van der Waals surface area contributed by atoms with E-state index in [-0.39, 0.29) is 6.42 Å². The monoisotopic (exact) mass is 419 g/mol. The maximum atomic E-state index is 13.0. The summed E-state index contributed by atoms with van der Waals surface area (Å²) in [6.45, 7) is 9.06. The molecule has 2 amide bonds. The van der Waals surface area contributed by atoms with Gasteiger partial charge in [-0.15, -0.1) is 0 Å². The molecule has 10 nitrogen and oxygen atoms in total. The number of carbonyl (C=O) groups excluding carboxylic acids is 2. The van der Waals surface area contributed by atoms with Gasteiger partial charge in [0.2, 0.25) is 5.91 Å². The van der Waals surface area contributed by atoms with E-state index in [1.165, 1.54) is 0 Å². The Labute approximate surface area is 176 Å². The van der Waals surface area contributed by atoms with Crippen molar-refractivity contribution in [1.29, 1.82) is 5.41 Å². The molecular formula is C20H31N6O4. The molecule has 10 heteroatoms. The van der Waals surface area contributed by atoms with E-state index in [2.05, 4.69) is 16.0 Å². The fraction of sp³-hybridized carbons (Fsp3) is 0.500. The Morgan fingerprint density at radius 1 is 1.20 bits per heavy atom. The van der Waals surface area contributed by atoms with Crippen LogP contribution in [0.5, 0.6) is 0 Å². The smallest absolute Gasteiger partial charge is 0.266 e. The second-order valence-electron chi connectivity index (χ2n) is 7.45. The number of nitro groups is 1. The number of hydrogen-bond acceptors (Lipinski definition) is 5. The Morgan fingerprint density at radius 2 is 1.83 bits per heavy atom. The summed E-state index contributed by atoms with van der Waals surface area (Å²) in [4.78, 5) is 36.7. The zero-order chi connectivity index (χ0) is 22.7. The molecule has 1 aromatic rings. The highest BCUT2D eigenvalue weighted by molar-refractivity contribution is 5.96. The third-order valence-electron chi connectivity index (χ3n) is 4.41. The second-order valence-corrected chi connectivity index (χ2v) is 7.45. The zero-order valence-corrected chi connectivity index (χ0v) is 17.8. The summed E-state index contributed by atoms with van der Waals surface area (Å²) >= 11 is 0. The third-order valence-corrected chi connectivity index (χ3v) is 4.41. The van der Waals surface area contributed by atoms with Crippen LogP contribution in [0.2, 0.25) is 0 Å². The van der Waals surface area contributed by atoms with Crippen molar-refractivity contribution in [2.45, 2.75) is 58.5 Å². The Bertz CT molecular complexity index is 740. The van der Waals surface area contributed by atoms with Crippen LogP contribution in [-0.2, 0) is 9.59 Å². The van der Waals surface area contributed by atoms with Crippen LogP contribution < -0.4 is 21.4 Å². The average Bonchev–Trinajstić information content (AvgIpc) is 2.67. The first-order chi connectivity index (χ1) is 14.1. The SMILES string of the molecule is CCC[C@](NC(=N)N[N+](=O)[O-])(NC(=O)[C@@H](C)c1ccccc1)C(=O)N[CH]CC(C)C. The molecule has 1 rings (SSSR count). The predicted octanol–water partition coefficient (Wildman–Crippen LogP) is 2.03. The van der Waals surface area contributed by atoms with Gasteiger partial charge in [-0.05, 0) is 31.2 Å². The maximum absolute atomic E-state index is 13.0. The van der Waals surface area contributed by atoms with Crippen LogP contribution in [0.3, 0.4) is 0 Å². The van der Waals surface area contributed by atoms with Crippen LogP contribution in [0, 0.1) is 28.0 Å². The lowest BCUT2D eigenvalue weighted by atomic mass is 9.97. The minimum absolute atomic E-state index is 0.114. The van der Waals surface area contributed by atoms with Crippen molar-refractivity contribution in [1.82, 2.24) is 21.4 Å². The van der Waals surface area contributed by atoms with Crippen LogP contribution >= 0.6 is 0 Å². The molecule has 1 aromatic carbocycles. The molecule has 30 heavy (non-hydrogen) atoms. The molecule has 0 unspecified atom stereocenters. The zero-order valence-electron chi connectivity index (χ0n) is 17.8. The van der Waals surface area contributed by atoms with Gasteiger partial charge >= 0.3 is 0 Å². The summed E-state index contributed by atoms with van der Waals surface area (Å²) in [6, 6.07) is 9.04. The van der Waals surface area contributed by atoms with Crippen molar-refractivity contribution in [3.05, 3.63) is 52.6 Å². The number of hydrazine groups is 1. The first-order valence-electron chi connectivity index (χ1n) is 9.88. The van der Waals surface area contributed by atoms with Gasteiger partial charge in [0.15, 0.2) is 10.7 Å². The van der Waals surface area contributed by atoms with Crippen molar-refractivity contribution in [2.75, 3.05) is 0 Å². The number of benzene rings is 1. The molecule has 0 heterocycles.